The highest BCUT2D eigenvalue weighted by molar-refractivity contribution is 7.99. The lowest BCUT2D eigenvalue weighted by Gasteiger charge is -2.07. The van der Waals surface area contributed by atoms with Crippen molar-refractivity contribution in [1.82, 2.24) is 9.97 Å². The predicted molar refractivity (Wildman–Crippen MR) is 83.8 cm³/mol. The highest BCUT2D eigenvalue weighted by atomic mass is 32.2. The van der Waals surface area contributed by atoms with Gasteiger partial charge in [-0.25, -0.2) is 4.98 Å². The topological polar surface area (TPSA) is 92.3 Å². The van der Waals surface area contributed by atoms with E-state index in [4.69, 9.17) is 9.84 Å². The molecule has 2 N–H and O–H groups in total. The first-order valence-electron chi connectivity index (χ1n) is 6.57. The lowest BCUT2D eigenvalue weighted by Crippen LogP contribution is -2.18. The van der Waals surface area contributed by atoms with Crippen molar-refractivity contribution in [3.63, 3.8) is 0 Å². The number of H-pyrrole nitrogens is 1. The number of methoxy groups -OCH3 is 1. The van der Waals surface area contributed by atoms with Crippen LogP contribution in [0, 0.1) is 6.92 Å². The molecule has 1 aromatic carbocycles. The lowest BCUT2D eigenvalue weighted by molar-refractivity contribution is -0.133. The monoisotopic (exact) mass is 320 g/mol. The molecule has 2 rings (SSSR count). The molecule has 0 aliphatic rings. The Morgan fingerprint density at radius 1 is 1.36 bits per heavy atom. The summed E-state index contributed by atoms with van der Waals surface area (Å²) in [6.45, 7) is 1.75. The molecule has 0 saturated heterocycles. The number of aryl methyl sites for hydroxylation is 1. The summed E-state index contributed by atoms with van der Waals surface area (Å²) in [6, 6.07) is 7.46. The van der Waals surface area contributed by atoms with Crippen LogP contribution in [0.2, 0.25) is 0 Å². The Kier molecular flexibility index (Phi) is 5.21. The molecule has 0 amide bonds. The second-order valence-electron chi connectivity index (χ2n) is 4.64. The summed E-state index contributed by atoms with van der Waals surface area (Å²) in [5.41, 5.74) is 1.91. The Hall–Kier alpha value is -2.28. The van der Waals surface area contributed by atoms with Crippen LogP contribution in [0.3, 0.4) is 0 Å². The molecule has 0 aliphatic heterocycles. The standard InChI is InChI=1S/C15H16N2O4S/c1-9-12(7-10-3-5-11(21-2)6-4-10)14(20)17-15(16-9)22-8-13(18)19/h3-6H,7-8H2,1-2H3,(H,18,19)(H,16,17,20). The van der Waals surface area contributed by atoms with E-state index in [0.717, 1.165) is 23.1 Å². The van der Waals surface area contributed by atoms with E-state index < -0.39 is 5.97 Å². The van der Waals surface area contributed by atoms with Gasteiger partial charge in [0, 0.05) is 17.7 Å². The van der Waals surface area contributed by atoms with Crippen LogP contribution in [0.4, 0.5) is 0 Å². The van der Waals surface area contributed by atoms with Gasteiger partial charge in [-0.1, -0.05) is 23.9 Å². The molecule has 0 atom stereocenters. The third kappa shape index (κ3) is 4.11. The Labute approximate surface area is 131 Å². The average molecular weight is 320 g/mol. The third-order valence-corrected chi connectivity index (χ3v) is 3.93. The summed E-state index contributed by atoms with van der Waals surface area (Å²) >= 11 is 0.994. The number of nitrogens with one attached hydrogen (secondary N) is 1. The van der Waals surface area contributed by atoms with Crippen molar-refractivity contribution in [1.29, 1.82) is 0 Å². The minimum atomic E-state index is -0.951. The molecule has 6 nitrogen and oxygen atoms in total. The molecule has 2 aromatic rings. The molecule has 0 aliphatic carbocycles. The van der Waals surface area contributed by atoms with Crippen LogP contribution in [0.1, 0.15) is 16.8 Å². The largest absolute Gasteiger partial charge is 0.497 e. The normalized spacial score (nSPS) is 10.5. The highest BCUT2D eigenvalue weighted by Crippen LogP contribution is 2.16. The zero-order chi connectivity index (χ0) is 16.1. The molecule has 1 aromatic heterocycles. The fraction of sp³-hybridized carbons (Fsp3) is 0.267. The van der Waals surface area contributed by atoms with E-state index in [1.165, 1.54) is 0 Å². The summed E-state index contributed by atoms with van der Waals surface area (Å²) in [4.78, 5) is 29.6. The maximum atomic E-state index is 12.2. The van der Waals surface area contributed by atoms with Gasteiger partial charge in [-0.3, -0.25) is 9.59 Å². The zero-order valence-corrected chi connectivity index (χ0v) is 13.1. The number of hydrogen-bond acceptors (Lipinski definition) is 5. The van der Waals surface area contributed by atoms with E-state index in [0.29, 0.717) is 22.8 Å². The minimum Gasteiger partial charge on any atom is -0.497 e. The number of hydrogen-bond donors (Lipinski definition) is 2. The fourth-order valence-electron chi connectivity index (χ4n) is 1.94. The van der Waals surface area contributed by atoms with Gasteiger partial charge < -0.3 is 14.8 Å². The number of benzene rings is 1. The van der Waals surface area contributed by atoms with Gasteiger partial charge >= 0.3 is 5.97 Å². The number of thioether (sulfide) groups is 1. The van der Waals surface area contributed by atoms with Gasteiger partial charge in [-0.2, -0.15) is 0 Å². The maximum Gasteiger partial charge on any atom is 0.313 e. The van der Waals surface area contributed by atoms with Crippen LogP contribution in [0.5, 0.6) is 5.75 Å². The van der Waals surface area contributed by atoms with Gasteiger partial charge in [0.15, 0.2) is 5.16 Å². The molecular weight excluding hydrogens is 304 g/mol. The van der Waals surface area contributed by atoms with Crippen LogP contribution in [-0.2, 0) is 11.2 Å². The molecule has 0 spiro atoms. The van der Waals surface area contributed by atoms with Gasteiger partial charge in [0.2, 0.25) is 0 Å². The van der Waals surface area contributed by atoms with Crippen LogP contribution in [-0.4, -0.2) is 33.9 Å². The van der Waals surface area contributed by atoms with Crippen LogP contribution in [0.25, 0.3) is 0 Å². The number of nitrogens with zero attached hydrogens (tertiary/aromatic N) is 1. The molecule has 0 bridgehead atoms. The van der Waals surface area contributed by atoms with Gasteiger partial charge in [0.25, 0.3) is 5.56 Å². The van der Waals surface area contributed by atoms with Crippen LogP contribution >= 0.6 is 11.8 Å². The van der Waals surface area contributed by atoms with Crippen molar-refractivity contribution < 1.29 is 14.6 Å². The summed E-state index contributed by atoms with van der Waals surface area (Å²) in [5, 5.41) is 8.98. The van der Waals surface area contributed by atoms with E-state index in [-0.39, 0.29) is 11.3 Å². The highest BCUT2D eigenvalue weighted by Gasteiger charge is 2.10. The summed E-state index contributed by atoms with van der Waals surface area (Å²) in [6.07, 6.45) is 0.460. The second kappa shape index (κ2) is 7.13. The summed E-state index contributed by atoms with van der Waals surface area (Å²) in [7, 11) is 1.60. The van der Waals surface area contributed by atoms with Crippen molar-refractivity contribution in [2.24, 2.45) is 0 Å². The predicted octanol–water partition coefficient (Wildman–Crippen LogP) is 1.85. The van der Waals surface area contributed by atoms with Gasteiger partial charge in [0.1, 0.15) is 5.75 Å². The Morgan fingerprint density at radius 3 is 2.59 bits per heavy atom. The minimum absolute atomic E-state index is 0.139. The van der Waals surface area contributed by atoms with Gasteiger partial charge in [0.05, 0.1) is 12.9 Å². The molecule has 0 unspecified atom stereocenters. The lowest BCUT2D eigenvalue weighted by atomic mass is 10.1. The Balaban J connectivity index is 2.20. The molecule has 0 fully saturated rings. The number of ether oxygens (including phenoxy) is 1. The Morgan fingerprint density at radius 2 is 2.05 bits per heavy atom. The van der Waals surface area contributed by atoms with E-state index in [9.17, 15) is 9.59 Å². The molecule has 7 heteroatoms. The van der Waals surface area contributed by atoms with Crippen molar-refractivity contribution in [3.05, 3.63) is 51.4 Å². The summed E-state index contributed by atoms with van der Waals surface area (Å²) in [5.74, 6) is -0.333. The number of aliphatic carboxylic acids is 1. The first kappa shape index (κ1) is 16.1. The summed E-state index contributed by atoms with van der Waals surface area (Å²) < 4.78 is 5.10. The molecule has 1 heterocycles. The van der Waals surface area contributed by atoms with Crippen LogP contribution < -0.4 is 10.3 Å². The quantitative estimate of drug-likeness (QED) is 0.623. The third-order valence-electron chi connectivity index (χ3n) is 3.07. The first-order chi connectivity index (χ1) is 10.5. The molecule has 22 heavy (non-hydrogen) atoms. The van der Waals surface area contributed by atoms with Gasteiger partial charge in [-0.05, 0) is 24.6 Å². The fourth-order valence-corrected chi connectivity index (χ4v) is 2.57. The van der Waals surface area contributed by atoms with Crippen molar-refractivity contribution in [2.75, 3.05) is 12.9 Å². The second-order valence-corrected chi connectivity index (χ2v) is 5.61. The number of rotatable bonds is 6. The number of aromatic nitrogens is 2. The van der Waals surface area contributed by atoms with Crippen LogP contribution in [0.15, 0.2) is 34.2 Å². The molecule has 0 radical (unpaired) electrons. The number of aromatic amines is 1. The van der Waals surface area contributed by atoms with Crippen molar-refractivity contribution in [3.8, 4) is 5.75 Å². The zero-order valence-electron chi connectivity index (χ0n) is 12.3. The van der Waals surface area contributed by atoms with E-state index in [1.807, 2.05) is 24.3 Å². The maximum absolute atomic E-state index is 12.2. The van der Waals surface area contributed by atoms with E-state index >= 15 is 0 Å². The SMILES string of the molecule is COc1ccc(Cc2c(C)nc(SCC(=O)O)[nH]c2=O)cc1. The molecule has 116 valence electrons. The number of carboxylic acids is 1. The smallest absolute Gasteiger partial charge is 0.313 e. The average Bonchev–Trinajstić information content (AvgIpc) is 2.49. The molecular formula is C15H16N2O4S. The number of carboxylic acid groups (broad SMARTS) is 1. The van der Waals surface area contributed by atoms with E-state index in [2.05, 4.69) is 9.97 Å². The van der Waals surface area contributed by atoms with E-state index in [1.54, 1.807) is 14.0 Å². The first-order valence-corrected chi connectivity index (χ1v) is 7.55. The Bertz CT molecular complexity index is 725. The number of carbonyl (C=O) groups is 1. The van der Waals surface area contributed by atoms with Crippen molar-refractivity contribution in [2.45, 2.75) is 18.5 Å². The molecule has 0 saturated carbocycles. The van der Waals surface area contributed by atoms with Gasteiger partial charge in [-0.15, -0.1) is 0 Å². The van der Waals surface area contributed by atoms with Crippen molar-refractivity contribution >= 4 is 17.7 Å².